The topological polar surface area (TPSA) is 89.8 Å². The molecule has 0 fully saturated rings. The van der Waals surface area contributed by atoms with Crippen LogP contribution in [0, 0.1) is 10.1 Å². The van der Waals surface area contributed by atoms with Crippen LogP contribution in [0.2, 0.25) is 0 Å². The smallest absolute Gasteiger partial charge is 0.289 e. The van der Waals surface area contributed by atoms with Crippen LogP contribution in [0.3, 0.4) is 0 Å². The van der Waals surface area contributed by atoms with E-state index in [1.807, 2.05) is 30.3 Å². The SMILES string of the molecule is CN(c1ccc(OCc2ccccc2)cc1)S(=O)(=O)c1ccccc1[N+](=O)[O-]. The molecule has 0 unspecified atom stereocenters. The molecule has 0 aromatic heterocycles. The standard InChI is InChI=1S/C20H18N2O5S/c1-21(28(25,26)20-10-6-5-9-19(20)22(23)24)17-11-13-18(14-12-17)27-15-16-7-3-2-4-8-16/h2-14H,15H2,1H3. The van der Waals surface area contributed by atoms with Crippen molar-refractivity contribution in [2.45, 2.75) is 11.5 Å². The molecule has 28 heavy (non-hydrogen) atoms. The minimum absolute atomic E-state index is 0.355. The molecule has 0 aliphatic carbocycles. The van der Waals surface area contributed by atoms with Crippen LogP contribution < -0.4 is 9.04 Å². The average molecular weight is 398 g/mol. The fraction of sp³-hybridized carbons (Fsp3) is 0.100. The first-order valence-corrected chi connectivity index (χ1v) is 9.83. The maximum Gasteiger partial charge on any atom is 0.289 e. The van der Waals surface area contributed by atoms with E-state index >= 15 is 0 Å². The number of hydrogen-bond acceptors (Lipinski definition) is 5. The molecule has 3 aromatic rings. The lowest BCUT2D eigenvalue weighted by Gasteiger charge is -2.19. The van der Waals surface area contributed by atoms with Crippen LogP contribution in [-0.4, -0.2) is 20.4 Å². The number of rotatable bonds is 7. The van der Waals surface area contributed by atoms with Gasteiger partial charge in [0.2, 0.25) is 0 Å². The van der Waals surface area contributed by atoms with Crippen molar-refractivity contribution in [2.24, 2.45) is 0 Å². The summed E-state index contributed by atoms with van der Waals surface area (Å²) in [6, 6.07) is 21.4. The number of sulfonamides is 1. The zero-order valence-corrected chi connectivity index (χ0v) is 15.9. The van der Waals surface area contributed by atoms with E-state index in [1.54, 1.807) is 24.3 Å². The second-order valence-corrected chi connectivity index (χ2v) is 7.90. The number of anilines is 1. The van der Waals surface area contributed by atoms with E-state index in [0.717, 1.165) is 9.87 Å². The van der Waals surface area contributed by atoms with Crippen molar-refractivity contribution in [3.8, 4) is 5.75 Å². The summed E-state index contributed by atoms with van der Waals surface area (Å²) < 4.78 is 32.4. The van der Waals surface area contributed by atoms with Gasteiger partial charge in [0.05, 0.1) is 10.6 Å². The van der Waals surface area contributed by atoms with Gasteiger partial charge >= 0.3 is 0 Å². The van der Waals surface area contributed by atoms with Crippen molar-refractivity contribution in [3.63, 3.8) is 0 Å². The Balaban J connectivity index is 1.79. The summed E-state index contributed by atoms with van der Waals surface area (Å²) in [6.07, 6.45) is 0. The third-order valence-corrected chi connectivity index (χ3v) is 5.98. The zero-order chi connectivity index (χ0) is 20.1. The summed E-state index contributed by atoms with van der Waals surface area (Å²) >= 11 is 0. The third kappa shape index (κ3) is 4.12. The molecule has 7 nitrogen and oxygen atoms in total. The van der Waals surface area contributed by atoms with Crippen LogP contribution in [0.1, 0.15) is 5.56 Å². The quantitative estimate of drug-likeness (QED) is 0.443. The largest absolute Gasteiger partial charge is 0.489 e. The Hall–Kier alpha value is -3.39. The number of nitrogens with zero attached hydrogens (tertiary/aromatic N) is 2. The Kier molecular flexibility index (Phi) is 5.60. The van der Waals surface area contributed by atoms with Gasteiger partial charge in [0.25, 0.3) is 15.7 Å². The van der Waals surface area contributed by atoms with Crippen LogP contribution >= 0.6 is 0 Å². The number of hydrogen-bond donors (Lipinski definition) is 0. The van der Waals surface area contributed by atoms with Gasteiger partial charge in [-0.25, -0.2) is 8.42 Å². The first-order valence-electron chi connectivity index (χ1n) is 8.39. The summed E-state index contributed by atoms with van der Waals surface area (Å²) in [5.74, 6) is 0.587. The van der Waals surface area contributed by atoms with E-state index in [0.29, 0.717) is 18.0 Å². The van der Waals surface area contributed by atoms with Gasteiger partial charge in [0.15, 0.2) is 4.90 Å². The third-order valence-electron chi connectivity index (χ3n) is 4.15. The zero-order valence-electron chi connectivity index (χ0n) is 15.1. The van der Waals surface area contributed by atoms with Crippen LogP contribution in [0.4, 0.5) is 11.4 Å². The number of benzene rings is 3. The number of para-hydroxylation sites is 1. The fourth-order valence-electron chi connectivity index (χ4n) is 2.61. The molecule has 3 rings (SSSR count). The van der Waals surface area contributed by atoms with Crippen molar-refractivity contribution in [2.75, 3.05) is 11.4 Å². The van der Waals surface area contributed by atoms with E-state index in [9.17, 15) is 18.5 Å². The normalized spacial score (nSPS) is 11.0. The van der Waals surface area contributed by atoms with Gasteiger partial charge in [-0.05, 0) is 35.9 Å². The molecule has 0 aliphatic rings. The molecule has 0 saturated carbocycles. The number of nitro groups is 1. The van der Waals surface area contributed by atoms with E-state index in [4.69, 9.17) is 4.74 Å². The second-order valence-electron chi connectivity index (χ2n) is 5.97. The van der Waals surface area contributed by atoms with Gasteiger partial charge in [0.1, 0.15) is 12.4 Å². The summed E-state index contributed by atoms with van der Waals surface area (Å²) in [5.41, 5.74) is 0.921. The van der Waals surface area contributed by atoms with Gasteiger partial charge in [-0.1, -0.05) is 42.5 Å². The van der Waals surface area contributed by atoms with E-state index in [1.165, 1.54) is 31.3 Å². The predicted molar refractivity (Wildman–Crippen MR) is 106 cm³/mol. The lowest BCUT2D eigenvalue weighted by molar-refractivity contribution is -0.387. The highest BCUT2D eigenvalue weighted by atomic mass is 32.2. The second kappa shape index (κ2) is 8.10. The van der Waals surface area contributed by atoms with Gasteiger partial charge in [-0.3, -0.25) is 14.4 Å². The summed E-state index contributed by atoms with van der Waals surface area (Å²) in [7, 11) is -2.73. The summed E-state index contributed by atoms with van der Waals surface area (Å²) in [5, 5.41) is 11.2. The Morgan fingerprint density at radius 3 is 2.18 bits per heavy atom. The number of ether oxygens (including phenoxy) is 1. The fourth-order valence-corrected chi connectivity index (χ4v) is 3.96. The Morgan fingerprint density at radius 1 is 0.929 bits per heavy atom. The summed E-state index contributed by atoms with van der Waals surface area (Å²) in [6.45, 7) is 0.393. The first-order chi connectivity index (χ1) is 13.4. The Morgan fingerprint density at radius 2 is 1.54 bits per heavy atom. The Bertz CT molecular complexity index is 1070. The molecule has 0 heterocycles. The highest BCUT2D eigenvalue weighted by Crippen LogP contribution is 2.29. The van der Waals surface area contributed by atoms with Crippen molar-refractivity contribution in [1.29, 1.82) is 0 Å². The first kappa shape index (κ1) is 19.4. The van der Waals surface area contributed by atoms with Crippen molar-refractivity contribution in [3.05, 3.63) is 94.5 Å². The van der Waals surface area contributed by atoms with Crippen molar-refractivity contribution in [1.82, 2.24) is 0 Å². The minimum Gasteiger partial charge on any atom is -0.489 e. The molecule has 144 valence electrons. The predicted octanol–water partition coefficient (Wildman–Crippen LogP) is 4.00. The highest BCUT2D eigenvalue weighted by Gasteiger charge is 2.29. The minimum atomic E-state index is -4.08. The van der Waals surface area contributed by atoms with Crippen molar-refractivity contribution < 1.29 is 18.1 Å². The molecular weight excluding hydrogens is 380 g/mol. The molecule has 0 spiro atoms. The molecule has 0 saturated heterocycles. The molecule has 0 aliphatic heterocycles. The summed E-state index contributed by atoms with van der Waals surface area (Å²) in [4.78, 5) is 10.1. The van der Waals surface area contributed by atoms with Gasteiger partial charge in [0, 0.05) is 13.1 Å². The van der Waals surface area contributed by atoms with Gasteiger partial charge in [-0.15, -0.1) is 0 Å². The van der Waals surface area contributed by atoms with Crippen LogP contribution in [0.25, 0.3) is 0 Å². The molecule has 3 aromatic carbocycles. The lowest BCUT2D eigenvalue weighted by Crippen LogP contribution is -2.27. The van der Waals surface area contributed by atoms with Crippen molar-refractivity contribution >= 4 is 21.4 Å². The van der Waals surface area contributed by atoms with Crippen LogP contribution in [-0.2, 0) is 16.6 Å². The van der Waals surface area contributed by atoms with Gasteiger partial charge < -0.3 is 4.74 Å². The molecular formula is C20H18N2O5S. The average Bonchev–Trinajstić information content (AvgIpc) is 2.73. The maximum absolute atomic E-state index is 12.8. The van der Waals surface area contributed by atoms with Crippen LogP contribution in [0.15, 0.2) is 83.8 Å². The Labute approximate surface area is 163 Å². The van der Waals surface area contributed by atoms with Gasteiger partial charge in [-0.2, -0.15) is 0 Å². The molecule has 0 atom stereocenters. The van der Waals surface area contributed by atoms with E-state index in [2.05, 4.69) is 0 Å². The van der Waals surface area contributed by atoms with Crippen LogP contribution in [0.5, 0.6) is 5.75 Å². The molecule has 0 amide bonds. The monoisotopic (exact) mass is 398 g/mol. The maximum atomic E-state index is 12.8. The molecule has 8 heteroatoms. The highest BCUT2D eigenvalue weighted by molar-refractivity contribution is 7.93. The molecule has 0 N–H and O–H groups in total. The van der Waals surface area contributed by atoms with E-state index in [-0.39, 0.29) is 4.90 Å². The van der Waals surface area contributed by atoms with E-state index < -0.39 is 20.6 Å². The molecule has 0 radical (unpaired) electrons. The molecule has 0 bridgehead atoms. The lowest BCUT2D eigenvalue weighted by atomic mass is 10.2. The number of nitro benzene ring substituents is 1.